The summed E-state index contributed by atoms with van der Waals surface area (Å²) in [5.74, 6) is -1.61. The van der Waals surface area contributed by atoms with E-state index < -0.39 is 17.8 Å². The van der Waals surface area contributed by atoms with Crippen molar-refractivity contribution in [3.05, 3.63) is 0 Å². The number of rotatable bonds is 2. The maximum atomic E-state index is 11.9. The minimum atomic E-state index is -0.483. The van der Waals surface area contributed by atoms with Gasteiger partial charge in [0.05, 0.1) is 5.92 Å². The molecule has 1 aliphatic heterocycles. The summed E-state index contributed by atoms with van der Waals surface area (Å²) in [5, 5.41) is 0.618. The molecular weight excluding hydrogens is 222 g/mol. The first-order valence-corrected chi connectivity index (χ1v) is 5.77. The fourth-order valence-electron chi connectivity index (χ4n) is 2.59. The van der Waals surface area contributed by atoms with Crippen LogP contribution in [0, 0.1) is 16.7 Å². The molecule has 17 heavy (non-hydrogen) atoms. The molecule has 2 fully saturated rings. The second kappa shape index (κ2) is 3.31. The SMILES string of the molecule is CC1(C)C(C(=O)ON2C(=O)CCC2=O)C1(C)C. The van der Waals surface area contributed by atoms with Crippen LogP contribution in [0.25, 0.3) is 0 Å². The molecule has 2 aliphatic rings. The van der Waals surface area contributed by atoms with Gasteiger partial charge < -0.3 is 4.84 Å². The molecule has 0 N–H and O–H groups in total. The van der Waals surface area contributed by atoms with Crippen molar-refractivity contribution in [1.29, 1.82) is 0 Å². The van der Waals surface area contributed by atoms with Crippen LogP contribution in [0.4, 0.5) is 0 Å². The van der Waals surface area contributed by atoms with Crippen molar-refractivity contribution in [1.82, 2.24) is 5.06 Å². The van der Waals surface area contributed by atoms with Gasteiger partial charge in [-0.3, -0.25) is 9.59 Å². The van der Waals surface area contributed by atoms with E-state index in [1.165, 1.54) is 0 Å². The number of carbonyl (C=O) groups excluding carboxylic acids is 3. The molecule has 1 aliphatic carbocycles. The molecule has 0 aromatic carbocycles. The molecule has 0 radical (unpaired) electrons. The maximum Gasteiger partial charge on any atom is 0.337 e. The molecule has 1 saturated heterocycles. The summed E-state index contributed by atoms with van der Waals surface area (Å²) < 4.78 is 0. The predicted octanol–water partition coefficient (Wildman–Crippen LogP) is 1.28. The molecule has 0 atom stereocenters. The summed E-state index contributed by atoms with van der Waals surface area (Å²) in [5.41, 5.74) is -0.314. The molecule has 0 unspecified atom stereocenters. The molecule has 1 saturated carbocycles. The van der Waals surface area contributed by atoms with E-state index in [9.17, 15) is 14.4 Å². The highest BCUT2D eigenvalue weighted by molar-refractivity contribution is 6.01. The number of carbonyl (C=O) groups is 3. The van der Waals surface area contributed by atoms with Gasteiger partial charge in [0.2, 0.25) is 0 Å². The van der Waals surface area contributed by atoms with E-state index in [-0.39, 0.29) is 29.6 Å². The van der Waals surface area contributed by atoms with Crippen LogP contribution in [0.2, 0.25) is 0 Å². The average molecular weight is 239 g/mol. The number of hydrogen-bond donors (Lipinski definition) is 0. The largest absolute Gasteiger partial charge is 0.337 e. The number of imide groups is 1. The van der Waals surface area contributed by atoms with Crippen LogP contribution in [0.3, 0.4) is 0 Å². The molecule has 1 heterocycles. The average Bonchev–Trinajstić information content (AvgIpc) is 2.47. The Balaban J connectivity index is 2.05. The van der Waals surface area contributed by atoms with Crippen LogP contribution in [-0.4, -0.2) is 22.8 Å². The van der Waals surface area contributed by atoms with Gasteiger partial charge in [0.25, 0.3) is 11.8 Å². The smallest absolute Gasteiger partial charge is 0.330 e. The maximum absolute atomic E-state index is 11.9. The van der Waals surface area contributed by atoms with Crippen molar-refractivity contribution in [2.45, 2.75) is 40.5 Å². The highest BCUT2D eigenvalue weighted by atomic mass is 16.7. The monoisotopic (exact) mass is 239 g/mol. The summed E-state index contributed by atoms with van der Waals surface area (Å²) in [7, 11) is 0. The number of amides is 2. The van der Waals surface area contributed by atoms with Crippen molar-refractivity contribution in [3.63, 3.8) is 0 Å². The summed E-state index contributed by atoms with van der Waals surface area (Å²) in [4.78, 5) is 39.5. The zero-order valence-electron chi connectivity index (χ0n) is 10.6. The Bertz CT molecular complexity index is 381. The lowest BCUT2D eigenvalue weighted by Crippen LogP contribution is -2.33. The summed E-state index contributed by atoms with van der Waals surface area (Å²) >= 11 is 0. The van der Waals surface area contributed by atoms with E-state index in [2.05, 4.69) is 0 Å². The zero-order valence-corrected chi connectivity index (χ0v) is 10.6. The van der Waals surface area contributed by atoms with Gasteiger partial charge in [-0.25, -0.2) is 4.79 Å². The van der Waals surface area contributed by atoms with E-state index in [1.807, 2.05) is 27.7 Å². The van der Waals surface area contributed by atoms with Crippen LogP contribution in [0.5, 0.6) is 0 Å². The highest BCUT2D eigenvalue weighted by Gasteiger charge is 2.69. The van der Waals surface area contributed by atoms with E-state index in [4.69, 9.17) is 4.84 Å². The molecule has 94 valence electrons. The molecular formula is C12H17NO4. The van der Waals surface area contributed by atoms with E-state index in [1.54, 1.807) is 0 Å². The quantitative estimate of drug-likeness (QED) is 0.681. The molecule has 0 spiro atoms. The van der Waals surface area contributed by atoms with Crippen molar-refractivity contribution in [2.75, 3.05) is 0 Å². The first-order chi connectivity index (χ1) is 7.69. The van der Waals surface area contributed by atoms with Gasteiger partial charge in [0.15, 0.2) is 0 Å². The van der Waals surface area contributed by atoms with Gasteiger partial charge in [-0.2, -0.15) is 0 Å². The Kier molecular flexibility index (Phi) is 2.35. The van der Waals surface area contributed by atoms with Gasteiger partial charge in [-0.15, -0.1) is 5.06 Å². The standard InChI is InChI=1S/C12H17NO4/c1-11(2)9(12(11,3)4)10(16)17-13-7(14)5-6-8(13)15/h9H,5-6H2,1-4H3. The Hall–Kier alpha value is -1.39. The zero-order chi connectivity index (χ0) is 13.0. The van der Waals surface area contributed by atoms with Crippen LogP contribution in [0.15, 0.2) is 0 Å². The van der Waals surface area contributed by atoms with Crippen molar-refractivity contribution < 1.29 is 19.2 Å². The van der Waals surface area contributed by atoms with Gasteiger partial charge in [-0.05, 0) is 10.8 Å². The third-order valence-corrected chi connectivity index (χ3v) is 4.44. The Morgan fingerprint density at radius 2 is 1.53 bits per heavy atom. The lowest BCUT2D eigenvalue weighted by Gasteiger charge is -2.13. The first-order valence-electron chi connectivity index (χ1n) is 5.77. The van der Waals surface area contributed by atoms with Crippen LogP contribution < -0.4 is 0 Å². The summed E-state index contributed by atoms with van der Waals surface area (Å²) in [6.07, 6.45) is 0.257. The predicted molar refractivity (Wildman–Crippen MR) is 58.2 cm³/mol. The first kappa shape index (κ1) is 12.1. The summed E-state index contributed by atoms with van der Waals surface area (Å²) in [6.45, 7) is 7.91. The number of hydrogen-bond acceptors (Lipinski definition) is 4. The lowest BCUT2D eigenvalue weighted by molar-refractivity contribution is -0.199. The van der Waals surface area contributed by atoms with E-state index >= 15 is 0 Å². The van der Waals surface area contributed by atoms with Gasteiger partial charge in [-0.1, -0.05) is 27.7 Å². The molecule has 0 aromatic heterocycles. The normalized spacial score (nSPS) is 26.2. The van der Waals surface area contributed by atoms with Gasteiger partial charge in [0.1, 0.15) is 0 Å². The number of nitrogens with zero attached hydrogens (tertiary/aromatic N) is 1. The minimum absolute atomic E-state index is 0.129. The molecule has 5 nitrogen and oxygen atoms in total. The fraction of sp³-hybridized carbons (Fsp3) is 0.750. The minimum Gasteiger partial charge on any atom is -0.330 e. The molecule has 2 amide bonds. The van der Waals surface area contributed by atoms with Gasteiger partial charge in [0, 0.05) is 12.8 Å². The van der Waals surface area contributed by atoms with Gasteiger partial charge >= 0.3 is 5.97 Å². The molecule has 0 bridgehead atoms. The Morgan fingerprint density at radius 3 is 1.88 bits per heavy atom. The van der Waals surface area contributed by atoms with Crippen LogP contribution in [0.1, 0.15) is 40.5 Å². The second-order valence-electron chi connectivity index (χ2n) is 5.87. The third kappa shape index (κ3) is 1.56. The molecule has 5 heteroatoms. The topological polar surface area (TPSA) is 63.7 Å². The number of hydroxylamine groups is 2. The summed E-state index contributed by atoms with van der Waals surface area (Å²) in [6, 6.07) is 0. The van der Waals surface area contributed by atoms with Crippen molar-refractivity contribution in [2.24, 2.45) is 16.7 Å². The third-order valence-electron chi connectivity index (χ3n) is 4.44. The molecule has 2 rings (SSSR count). The Morgan fingerprint density at radius 1 is 1.12 bits per heavy atom. The Labute approximate surface area is 100 Å². The van der Waals surface area contributed by atoms with Crippen molar-refractivity contribution >= 4 is 17.8 Å². The van der Waals surface area contributed by atoms with Crippen LogP contribution in [-0.2, 0) is 19.2 Å². The fourth-order valence-corrected chi connectivity index (χ4v) is 2.59. The van der Waals surface area contributed by atoms with Crippen molar-refractivity contribution in [3.8, 4) is 0 Å². The van der Waals surface area contributed by atoms with E-state index in [0.717, 1.165) is 0 Å². The van der Waals surface area contributed by atoms with E-state index in [0.29, 0.717) is 5.06 Å². The van der Waals surface area contributed by atoms with Crippen LogP contribution >= 0.6 is 0 Å². The second-order valence-corrected chi connectivity index (χ2v) is 5.87. The molecule has 0 aromatic rings. The highest BCUT2D eigenvalue weighted by Crippen LogP contribution is 2.68. The lowest BCUT2D eigenvalue weighted by atomic mass is 10.0.